The van der Waals surface area contributed by atoms with Crippen LogP contribution in [0.1, 0.15) is 34.9 Å². The fraction of sp³-hybridized carbons (Fsp3) is 0.636. The third-order valence-corrected chi connectivity index (χ3v) is 5.26. The monoisotopic (exact) mass is 284 g/mol. The molecule has 2 heterocycles. The summed E-state index contributed by atoms with van der Waals surface area (Å²) in [6, 6.07) is 0. The molecule has 1 aliphatic heterocycles. The van der Waals surface area contributed by atoms with E-state index >= 15 is 0 Å². The number of nitrogens with two attached hydrogens (primary N) is 1. The number of nitrogens with one attached hydrogen (secondary N) is 1. The summed E-state index contributed by atoms with van der Waals surface area (Å²) in [6.45, 7) is 0.429. The van der Waals surface area contributed by atoms with Gasteiger partial charge in [-0.15, -0.1) is 0 Å². The van der Waals surface area contributed by atoms with Gasteiger partial charge in [0, 0.05) is 19.0 Å². The molecule has 8 heteroatoms. The van der Waals surface area contributed by atoms with Crippen LogP contribution in [-0.2, 0) is 9.84 Å². The van der Waals surface area contributed by atoms with E-state index in [1.54, 1.807) is 0 Å². The zero-order chi connectivity index (χ0) is 13.6. The fourth-order valence-electron chi connectivity index (χ4n) is 2.28. The predicted molar refractivity (Wildman–Crippen MR) is 69.5 cm³/mol. The van der Waals surface area contributed by atoms with Gasteiger partial charge in [-0.1, -0.05) is 0 Å². The Balaban J connectivity index is 1.77. The Kier molecular flexibility index (Phi) is 2.77. The van der Waals surface area contributed by atoms with Gasteiger partial charge in [0.15, 0.2) is 15.5 Å². The van der Waals surface area contributed by atoms with Gasteiger partial charge in [0.1, 0.15) is 0 Å². The molecule has 1 aliphatic carbocycles. The van der Waals surface area contributed by atoms with E-state index in [4.69, 9.17) is 5.73 Å². The number of rotatable bonds is 2. The number of hydrogen-bond acceptors (Lipinski definition) is 5. The summed E-state index contributed by atoms with van der Waals surface area (Å²) in [4.78, 5) is 13.8. The molecule has 0 bridgehead atoms. The van der Waals surface area contributed by atoms with E-state index < -0.39 is 9.84 Å². The predicted octanol–water partition coefficient (Wildman–Crippen LogP) is -0.260. The first-order chi connectivity index (χ1) is 8.98. The summed E-state index contributed by atoms with van der Waals surface area (Å²) < 4.78 is 22.7. The van der Waals surface area contributed by atoms with Gasteiger partial charge in [0.25, 0.3) is 5.91 Å². The Morgan fingerprint density at radius 3 is 2.53 bits per heavy atom. The molecule has 0 atom stereocenters. The molecule has 3 N–H and O–H groups in total. The lowest BCUT2D eigenvalue weighted by Crippen LogP contribution is -2.44. The van der Waals surface area contributed by atoms with E-state index in [0.29, 0.717) is 11.6 Å². The van der Waals surface area contributed by atoms with Gasteiger partial charge >= 0.3 is 0 Å². The minimum absolute atomic E-state index is 0.0125. The zero-order valence-corrected chi connectivity index (χ0v) is 11.2. The molecule has 7 nitrogen and oxygen atoms in total. The minimum atomic E-state index is -2.99. The van der Waals surface area contributed by atoms with Gasteiger partial charge in [-0.25, -0.2) is 8.42 Å². The quantitative estimate of drug-likeness (QED) is 0.777. The molecule has 1 aromatic rings. The van der Waals surface area contributed by atoms with Crippen molar-refractivity contribution in [3.63, 3.8) is 0 Å². The first-order valence-corrected chi connectivity index (χ1v) is 8.13. The topological polar surface area (TPSA) is 109 Å². The molecule has 104 valence electrons. The highest BCUT2D eigenvalue weighted by atomic mass is 32.2. The molecule has 1 amide bonds. The molecular formula is C11H16N4O3S. The van der Waals surface area contributed by atoms with E-state index in [9.17, 15) is 13.2 Å². The number of nitrogen functional groups attached to an aromatic ring is 1. The largest absolute Gasteiger partial charge is 0.395 e. The molecule has 3 rings (SSSR count). The molecular weight excluding hydrogens is 268 g/mol. The van der Waals surface area contributed by atoms with Crippen LogP contribution in [0.15, 0.2) is 0 Å². The Bertz CT molecular complexity index is 604. The van der Waals surface area contributed by atoms with E-state index in [0.717, 1.165) is 18.5 Å². The van der Waals surface area contributed by atoms with Crippen LogP contribution in [0, 0.1) is 0 Å². The number of aromatic amines is 1. The summed E-state index contributed by atoms with van der Waals surface area (Å²) in [7, 11) is -2.99. The average Bonchev–Trinajstić information content (AvgIpc) is 3.12. The number of carbonyl (C=O) groups is 1. The van der Waals surface area contributed by atoms with Gasteiger partial charge in [-0.05, 0) is 12.8 Å². The number of H-pyrrole nitrogens is 1. The van der Waals surface area contributed by atoms with Crippen molar-refractivity contribution in [3.8, 4) is 0 Å². The van der Waals surface area contributed by atoms with Crippen molar-refractivity contribution in [2.75, 3.05) is 30.3 Å². The molecule has 1 saturated heterocycles. The van der Waals surface area contributed by atoms with E-state index in [-0.39, 0.29) is 36.2 Å². The molecule has 2 aliphatic rings. The lowest BCUT2D eigenvalue weighted by Gasteiger charge is -2.26. The second-order valence-corrected chi connectivity index (χ2v) is 7.42. The number of sulfone groups is 1. The number of anilines is 1. The van der Waals surface area contributed by atoms with Crippen LogP contribution in [0.25, 0.3) is 0 Å². The highest BCUT2D eigenvalue weighted by Gasteiger charge is 2.33. The number of aromatic nitrogens is 2. The van der Waals surface area contributed by atoms with Crippen molar-refractivity contribution >= 4 is 21.4 Å². The van der Waals surface area contributed by atoms with Crippen molar-refractivity contribution in [2.45, 2.75) is 18.8 Å². The first-order valence-electron chi connectivity index (χ1n) is 6.31. The molecule has 1 aromatic heterocycles. The molecule has 19 heavy (non-hydrogen) atoms. The molecule has 0 radical (unpaired) electrons. The lowest BCUT2D eigenvalue weighted by molar-refractivity contribution is 0.0765. The molecule has 1 saturated carbocycles. The normalized spacial score (nSPS) is 22.4. The Hall–Kier alpha value is -1.57. The molecule has 0 aromatic carbocycles. The maximum Gasteiger partial charge on any atom is 0.276 e. The highest BCUT2D eigenvalue weighted by Crippen LogP contribution is 2.42. The summed E-state index contributed by atoms with van der Waals surface area (Å²) in [5, 5.41) is 6.83. The minimum Gasteiger partial charge on any atom is -0.395 e. The van der Waals surface area contributed by atoms with Crippen molar-refractivity contribution in [3.05, 3.63) is 11.4 Å². The van der Waals surface area contributed by atoms with Gasteiger partial charge in [-0.3, -0.25) is 9.89 Å². The third kappa shape index (κ3) is 2.32. The van der Waals surface area contributed by atoms with Gasteiger partial charge in [0.2, 0.25) is 0 Å². The highest BCUT2D eigenvalue weighted by molar-refractivity contribution is 7.91. The summed E-state index contributed by atoms with van der Waals surface area (Å²) in [5.74, 6) is 0.142. The summed E-state index contributed by atoms with van der Waals surface area (Å²) >= 11 is 0. The average molecular weight is 284 g/mol. The second-order valence-electron chi connectivity index (χ2n) is 5.12. The Morgan fingerprint density at radius 2 is 1.95 bits per heavy atom. The lowest BCUT2D eigenvalue weighted by atomic mass is 10.2. The van der Waals surface area contributed by atoms with Crippen molar-refractivity contribution < 1.29 is 13.2 Å². The van der Waals surface area contributed by atoms with Crippen LogP contribution in [0.4, 0.5) is 5.69 Å². The molecule has 0 unspecified atom stereocenters. The number of nitrogens with zero attached hydrogens (tertiary/aromatic N) is 2. The zero-order valence-electron chi connectivity index (χ0n) is 10.4. The smallest absolute Gasteiger partial charge is 0.276 e. The number of amides is 1. The van der Waals surface area contributed by atoms with Crippen molar-refractivity contribution in [1.82, 2.24) is 15.1 Å². The van der Waals surface area contributed by atoms with Crippen LogP contribution in [0.5, 0.6) is 0 Å². The Labute approximate surface area is 111 Å². The van der Waals surface area contributed by atoms with Crippen molar-refractivity contribution in [1.29, 1.82) is 0 Å². The van der Waals surface area contributed by atoms with Crippen LogP contribution in [0.2, 0.25) is 0 Å². The standard InChI is InChI=1S/C11H16N4O3S/c12-8-9(7-1-2-7)13-14-10(8)11(16)15-3-5-19(17,18)6-4-15/h7H,1-6,12H2,(H,13,14). The Morgan fingerprint density at radius 1 is 1.32 bits per heavy atom. The maximum atomic E-state index is 12.3. The fourth-order valence-corrected chi connectivity index (χ4v) is 3.48. The van der Waals surface area contributed by atoms with Crippen LogP contribution in [-0.4, -0.2) is 54.0 Å². The summed E-state index contributed by atoms with van der Waals surface area (Å²) in [5.41, 5.74) is 7.43. The molecule has 0 spiro atoms. The van der Waals surface area contributed by atoms with E-state index in [1.165, 1.54) is 4.90 Å². The van der Waals surface area contributed by atoms with Gasteiger partial charge in [-0.2, -0.15) is 5.10 Å². The van der Waals surface area contributed by atoms with Crippen molar-refractivity contribution in [2.24, 2.45) is 0 Å². The number of hydrogen-bond donors (Lipinski definition) is 2. The molecule has 2 fully saturated rings. The van der Waals surface area contributed by atoms with E-state index in [1.807, 2.05) is 0 Å². The van der Waals surface area contributed by atoms with Gasteiger partial charge in [0.05, 0.1) is 22.9 Å². The van der Waals surface area contributed by atoms with Crippen LogP contribution >= 0.6 is 0 Å². The van der Waals surface area contributed by atoms with Crippen LogP contribution < -0.4 is 5.73 Å². The SMILES string of the molecule is Nc1c(C(=O)N2CCS(=O)(=O)CC2)n[nH]c1C1CC1. The van der Waals surface area contributed by atoms with E-state index in [2.05, 4.69) is 10.2 Å². The second kappa shape index (κ2) is 4.22. The van der Waals surface area contributed by atoms with Crippen LogP contribution in [0.3, 0.4) is 0 Å². The summed E-state index contributed by atoms with van der Waals surface area (Å²) in [6.07, 6.45) is 2.14. The maximum absolute atomic E-state index is 12.3. The first kappa shape index (κ1) is 12.5. The van der Waals surface area contributed by atoms with Gasteiger partial charge < -0.3 is 10.6 Å². The third-order valence-electron chi connectivity index (χ3n) is 3.65. The number of carbonyl (C=O) groups excluding carboxylic acids is 1.